The first-order valence-electron chi connectivity index (χ1n) is 6.91. The van der Waals surface area contributed by atoms with Crippen LogP contribution in [-0.2, 0) is 9.59 Å². The zero-order valence-electron chi connectivity index (χ0n) is 12.0. The van der Waals surface area contributed by atoms with Gasteiger partial charge in [-0.3, -0.25) is 9.59 Å². The average Bonchev–Trinajstić information content (AvgIpc) is 2.35. The van der Waals surface area contributed by atoms with Gasteiger partial charge in [-0.15, -0.1) is 0 Å². The zero-order chi connectivity index (χ0) is 15.6. The molecule has 2 amide bonds. The number of carbonyl (C=O) groups excluding carboxylic acids is 2. The predicted molar refractivity (Wildman–Crippen MR) is 67.9 cm³/mol. The van der Waals surface area contributed by atoms with Gasteiger partial charge in [0.1, 0.15) is 18.1 Å². The molecule has 4 nitrogen and oxygen atoms in total. The van der Waals surface area contributed by atoms with Crippen LogP contribution in [0.3, 0.4) is 0 Å². The van der Waals surface area contributed by atoms with Crippen molar-refractivity contribution in [3.63, 3.8) is 0 Å². The summed E-state index contributed by atoms with van der Waals surface area (Å²) in [4.78, 5) is 25.2. The van der Waals surface area contributed by atoms with Crippen molar-refractivity contribution in [2.24, 2.45) is 0 Å². The molecular formula is C13H21F3N2O2. The van der Waals surface area contributed by atoms with Crippen LogP contribution in [0.15, 0.2) is 0 Å². The molecule has 1 aliphatic rings. The molecule has 1 heterocycles. The van der Waals surface area contributed by atoms with Gasteiger partial charge in [-0.05, 0) is 19.3 Å². The fourth-order valence-electron chi connectivity index (χ4n) is 2.72. The summed E-state index contributed by atoms with van der Waals surface area (Å²) in [5.74, 6) is -1.11. The van der Waals surface area contributed by atoms with Crippen molar-refractivity contribution in [3.05, 3.63) is 0 Å². The number of hydrogen-bond donors (Lipinski definition) is 1. The van der Waals surface area contributed by atoms with E-state index in [0.717, 1.165) is 4.90 Å². The van der Waals surface area contributed by atoms with E-state index in [0.29, 0.717) is 12.8 Å². The van der Waals surface area contributed by atoms with Crippen LogP contribution in [-0.4, -0.2) is 41.0 Å². The van der Waals surface area contributed by atoms with Crippen LogP contribution in [0.5, 0.6) is 0 Å². The van der Waals surface area contributed by atoms with Gasteiger partial charge >= 0.3 is 6.18 Å². The Morgan fingerprint density at radius 2 is 1.75 bits per heavy atom. The second-order valence-corrected chi connectivity index (χ2v) is 5.09. The second-order valence-electron chi connectivity index (χ2n) is 5.09. The van der Waals surface area contributed by atoms with Gasteiger partial charge in [-0.1, -0.05) is 27.2 Å². The van der Waals surface area contributed by atoms with E-state index in [1.54, 1.807) is 13.8 Å². The molecule has 7 heteroatoms. The van der Waals surface area contributed by atoms with Gasteiger partial charge in [0.05, 0.1) is 0 Å². The molecule has 0 aromatic carbocycles. The third-order valence-corrected chi connectivity index (χ3v) is 3.89. The molecule has 0 saturated carbocycles. The smallest absolute Gasteiger partial charge is 0.342 e. The third kappa shape index (κ3) is 3.07. The number of piperazine rings is 1. The van der Waals surface area contributed by atoms with Crippen molar-refractivity contribution in [1.29, 1.82) is 0 Å². The Balaban J connectivity index is 3.16. The highest BCUT2D eigenvalue weighted by Gasteiger charge is 2.53. The first-order chi connectivity index (χ1) is 9.21. The molecule has 1 rings (SSSR count). The van der Waals surface area contributed by atoms with Crippen LogP contribution in [0.4, 0.5) is 13.2 Å². The first kappa shape index (κ1) is 16.8. The fourth-order valence-corrected chi connectivity index (χ4v) is 2.72. The van der Waals surface area contributed by atoms with Crippen molar-refractivity contribution in [3.8, 4) is 0 Å². The van der Waals surface area contributed by atoms with Crippen LogP contribution in [0, 0.1) is 0 Å². The molecule has 116 valence electrons. The molecule has 1 N–H and O–H groups in total. The quantitative estimate of drug-likeness (QED) is 0.845. The van der Waals surface area contributed by atoms with Crippen LogP contribution < -0.4 is 5.32 Å². The molecule has 0 aromatic rings. The Morgan fingerprint density at radius 1 is 1.20 bits per heavy atom. The predicted octanol–water partition coefficient (Wildman–Crippen LogP) is 2.23. The van der Waals surface area contributed by atoms with Gasteiger partial charge in [0.15, 0.2) is 0 Å². The van der Waals surface area contributed by atoms with E-state index in [1.807, 2.05) is 6.92 Å². The minimum atomic E-state index is -4.51. The Kier molecular flexibility index (Phi) is 5.05. The number of nitrogens with zero attached hydrogens (tertiary/aromatic N) is 1. The minimum Gasteiger partial charge on any atom is -0.342 e. The standard InChI is InChI=1S/C13H21F3N2O2/c1-4-7-9-10(19)18(8-13(14,15)16)12(5-2,6-3)11(20)17-9/h9H,4-8H2,1-3H3,(H,17,20). The molecule has 0 aliphatic carbocycles. The Labute approximate surface area is 116 Å². The SMILES string of the molecule is CCCC1NC(=O)C(CC)(CC)N(CC(F)(F)F)C1=O. The number of alkyl halides is 3. The summed E-state index contributed by atoms with van der Waals surface area (Å²) in [5.41, 5.74) is -1.39. The van der Waals surface area contributed by atoms with Gasteiger partial charge in [0.2, 0.25) is 11.8 Å². The van der Waals surface area contributed by atoms with Crippen molar-refractivity contribution < 1.29 is 22.8 Å². The van der Waals surface area contributed by atoms with E-state index < -0.39 is 36.1 Å². The lowest BCUT2D eigenvalue weighted by atomic mass is 9.85. The molecule has 1 unspecified atom stereocenters. The lowest BCUT2D eigenvalue weighted by Gasteiger charge is -2.47. The highest BCUT2D eigenvalue weighted by molar-refractivity contribution is 5.99. The second kappa shape index (κ2) is 6.01. The molecular weight excluding hydrogens is 273 g/mol. The van der Waals surface area contributed by atoms with Crippen LogP contribution in [0.25, 0.3) is 0 Å². The number of carbonyl (C=O) groups is 2. The van der Waals surface area contributed by atoms with Crippen LogP contribution in [0.1, 0.15) is 46.5 Å². The van der Waals surface area contributed by atoms with E-state index >= 15 is 0 Å². The minimum absolute atomic E-state index is 0.163. The molecule has 1 saturated heterocycles. The highest BCUT2D eigenvalue weighted by atomic mass is 19.4. The third-order valence-electron chi connectivity index (χ3n) is 3.89. The molecule has 1 aliphatic heterocycles. The van der Waals surface area contributed by atoms with Gasteiger partial charge < -0.3 is 10.2 Å². The van der Waals surface area contributed by atoms with E-state index in [2.05, 4.69) is 5.32 Å². The van der Waals surface area contributed by atoms with Crippen molar-refractivity contribution in [2.75, 3.05) is 6.54 Å². The lowest BCUT2D eigenvalue weighted by molar-refractivity contribution is -0.184. The van der Waals surface area contributed by atoms with E-state index in [9.17, 15) is 22.8 Å². The van der Waals surface area contributed by atoms with Gasteiger partial charge in [0, 0.05) is 0 Å². The molecule has 1 fully saturated rings. The summed E-state index contributed by atoms with van der Waals surface area (Å²) in [7, 11) is 0. The fraction of sp³-hybridized carbons (Fsp3) is 0.846. The number of amides is 2. The van der Waals surface area contributed by atoms with Crippen LogP contribution in [0.2, 0.25) is 0 Å². The largest absolute Gasteiger partial charge is 0.406 e. The number of hydrogen-bond acceptors (Lipinski definition) is 2. The zero-order valence-corrected chi connectivity index (χ0v) is 12.0. The summed E-state index contributed by atoms with van der Waals surface area (Å²) in [5, 5.41) is 2.58. The molecule has 0 spiro atoms. The summed E-state index contributed by atoms with van der Waals surface area (Å²) in [6.45, 7) is 3.69. The van der Waals surface area contributed by atoms with Crippen molar-refractivity contribution in [1.82, 2.24) is 10.2 Å². The average molecular weight is 294 g/mol. The lowest BCUT2D eigenvalue weighted by Crippen LogP contribution is -2.71. The number of nitrogens with one attached hydrogen (secondary N) is 1. The molecule has 0 aromatic heterocycles. The summed E-state index contributed by atoms with van der Waals surface area (Å²) < 4.78 is 38.2. The number of halogens is 3. The Hall–Kier alpha value is -1.27. The topological polar surface area (TPSA) is 49.4 Å². The van der Waals surface area contributed by atoms with E-state index in [1.165, 1.54) is 0 Å². The molecule has 0 bridgehead atoms. The summed E-state index contributed by atoms with van der Waals surface area (Å²) in [6.07, 6.45) is -3.23. The summed E-state index contributed by atoms with van der Waals surface area (Å²) in [6, 6.07) is -0.846. The maximum absolute atomic E-state index is 12.7. The highest BCUT2D eigenvalue weighted by Crippen LogP contribution is 2.32. The van der Waals surface area contributed by atoms with Gasteiger partial charge in [-0.25, -0.2) is 0 Å². The van der Waals surface area contributed by atoms with Crippen LogP contribution >= 0.6 is 0 Å². The van der Waals surface area contributed by atoms with E-state index in [4.69, 9.17) is 0 Å². The summed E-state index contributed by atoms with van der Waals surface area (Å²) >= 11 is 0. The van der Waals surface area contributed by atoms with Gasteiger partial charge in [0.25, 0.3) is 0 Å². The van der Waals surface area contributed by atoms with Crippen molar-refractivity contribution in [2.45, 2.75) is 64.2 Å². The monoisotopic (exact) mass is 294 g/mol. The Morgan fingerprint density at radius 3 is 2.15 bits per heavy atom. The molecule has 20 heavy (non-hydrogen) atoms. The Bertz CT molecular complexity index is 378. The molecule has 0 radical (unpaired) electrons. The van der Waals surface area contributed by atoms with E-state index in [-0.39, 0.29) is 12.8 Å². The van der Waals surface area contributed by atoms with Crippen molar-refractivity contribution >= 4 is 11.8 Å². The number of rotatable bonds is 5. The van der Waals surface area contributed by atoms with Gasteiger partial charge in [-0.2, -0.15) is 13.2 Å². The normalized spacial score (nSPS) is 22.9. The maximum Gasteiger partial charge on any atom is 0.406 e. The molecule has 1 atom stereocenters. The first-order valence-corrected chi connectivity index (χ1v) is 6.91. The maximum atomic E-state index is 12.7.